The van der Waals surface area contributed by atoms with Crippen molar-refractivity contribution >= 4 is 17.5 Å². The van der Waals surface area contributed by atoms with Crippen molar-refractivity contribution in [2.75, 3.05) is 32.1 Å². The molecule has 1 aliphatic carbocycles. The zero-order chi connectivity index (χ0) is 20.2. The molecule has 0 bridgehead atoms. The van der Waals surface area contributed by atoms with Crippen molar-refractivity contribution in [1.82, 2.24) is 20.4 Å². The Hall–Kier alpha value is -2.87. The van der Waals surface area contributed by atoms with Gasteiger partial charge in [0, 0.05) is 24.1 Å². The summed E-state index contributed by atoms with van der Waals surface area (Å²) in [5.74, 6) is 0.822. The van der Waals surface area contributed by atoms with Crippen molar-refractivity contribution in [3.63, 3.8) is 0 Å². The third-order valence-electron chi connectivity index (χ3n) is 5.49. The van der Waals surface area contributed by atoms with Gasteiger partial charge in [-0.15, -0.1) is 0 Å². The number of amides is 2. The number of rotatable bonds is 7. The van der Waals surface area contributed by atoms with E-state index < -0.39 is 0 Å². The second kappa shape index (κ2) is 8.65. The number of benzene rings is 1. The van der Waals surface area contributed by atoms with Crippen LogP contribution in [0.25, 0.3) is 0 Å². The van der Waals surface area contributed by atoms with Crippen LogP contribution in [0.4, 0.5) is 5.69 Å². The fourth-order valence-electron chi connectivity index (χ4n) is 3.78. The van der Waals surface area contributed by atoms with Crippen LogP contribution >= 0.6 is 0 Å². The van der Waals surface area contributed by atoms with Gasteiger partial charge in [0.1, 0.15) is 5.75 Å². The highest BCUT2D eigenvalue weighted by atomic mass is 16.5. The highest BCUT2D eigenvalue weighted by Gasteiger charge is 2.28. The molecule has 0 spiro atoms. The van der Waals surface area contributed by atoms with E-state index in [1.165, 1.54) is 0 Å². The van der Waals surface area contributed by atoms with Crippen LogP contribution in [0.1, 0.15) is 47.7 Å². The molecule has 0 radical (unpaired) electrons. The molecule has 2 aliphatic rings. The molecule has 8 nitrogen and oxygen atoms in total. The maximum absolute atomic E-state index is 12.6. The second-order valence-electron chi connectivity index (χ2n) is 7.80. The van der Waals surface area contributed by atoms with Crippen LogP contribution in [-0.2, 0) is 4.79 Å². The second-order valence-corrected chi connectivity index (χ2v) is 7.80. The molecule has 1 atom stereocenters. The third-order valence-corrected chi connectivity index (χ3v) is 5.49. The fourth-order valence-corrected chi connectivity index (χ4v) is 3.78. The first-order valence-electron chi connectivity index (χ1n) is 10.1. The minimum absolute atomic E-state index is 0.103. The van der Waals surface area contributed by atoms with Crippen LogP contribution in [0.5, 0.6) is 5.75 Å². The van der Waals surface area contributed by atoms with Gasteiger partial charge in [-0.25, -0.2) is 0 Å². The monoisotopic (exact) mass is 397 g/mol. The fraction of sp³-hybridized carbons (Fsp3) is 0.476. The van der Waals surface area contributed by atoms with Gasteiger partial charge in [0.25, 0.3) is 5.91 Å². The smallest absolute Gasteiger partial charge is 0.255 e. The van der Waals surface area contributed by atoms with Gasteiger partial charge in [0.15, 0.2) is 0 Å². The SMILES string of the molecule is COc1ccc(C(=O)Nc2cn[nH]c2[C@@H]2CCCN(CC(=O)NC3CC3)C2)cc1. The van der Waals surface area contributed by atoms with Crippen molar-refractivity contribution in [3.05, 3.63) is 41.7 Å². The number of carbonyl (C=O) groups is 2. The lowest BCUT2D eigenvalue weighted by atomic mass is 9.94. The first-order chi connectivity index (χ1) is 14.1. The van der Waals surface area contributed by atoms with Crippen molar-refractivity contribution in [3.8, 4) is 5.75 Å². The molecule has 154 valence electrons. The lowest BCUT2D eigenvalue weighted by Gasteiger charge is -2.32. The largest absolute Gasteiger partial charge is 0.497 e. The van der Waals surface area contributed by atoms with Gasteiger partial charge in [0.2, 0.25) is 5.91 Å². The van der Waals surface area contributed by atoms with Gasteiger partial charge >= 0.3 is 0 Å². The normalized spacial score (nSPS) is 19.6. The number of hydrogen-bond acceptors (Lipinski definition) is 5. The van der Waals surface area contributed by atoms with Gasteiger partial charge in [-0.2, -0.15) is 5.10 Å². The molecule has 1 aromatic heterocycles. The minimum atomic E-state index is -0.188. The summed E-state index contributed by atoms with van der Waals surface area (Å²) in [5, 5.41) is 13.2. The number of piperidine rings is 1. The van der Waals surface area contributed by atoms with Crippen LogP contribution in [0.2, 0.25) is 0 Å². The predicted octanol–water partition coefficient (Wildman–Crippen LogP) is 2.13. The zero-order valence-corrected chi connectivity index (χ0v) is 16.6. The molecule has 2 fully saturated rings. The molecular formula is C21H27N5O3. The molecule has 4 rings (SSSR count). The van der Waals surface area contributed by atoms with Crippen molar-refractivity contribution in [2.45, 2.75) is 37.6 Å². The summed E-state index contributed by atoms with van der Waals surface area (Å²) in [4.78, 5) is 26.9. The molecule has 3 N–H and O–H groups in total. The number of H-pyrrole nitrogens is 1. The molecule has 1 aromatic carbocycles. The van der Waals surface area contributed by atoms with E-state index in [1.54, 1.807) is 37.6 Å². The highest BCUT2D eigenvalue weighted by molar-refractivity contribution is 6.04. The number of aromatic amines is 1. The maximum atomic E-state index is 12.6. The van der Waals surface area contributed by atoms with Crippen molar-refractivity contribution in [1.29, 1.82) is 0 Å². The molecule has 0 unspecified atom stereocenters. The summed E-state index contributed by atoms with van der Waals surface area (Å²) in [7, 11) is 1.59. The first kappa shape index (κ1) is 19.4. The van der Waals surface area contributed by atoms with Crippen LogP contribution in [0, 0.1) is 0 Å². The predicted molar refractivity (Wildman–Crippen MR) is 109 cm³/mol. The summed E-state index contributed by atoms with van der Waals surface area (Å²) < 4.78 is 5.14. The Balaban J connectivity index is 1.38. The Kier molecular flexibility index (Phi) is 5.80. The Labute approximate surface area is 170 Å². The molecule has 2 amide bonds. The summed E-state index contributed by atoms with van der Waals surface area (Å²) in [6.07, 6.45) is 5.84. The number of methoxy groups -OCH3 is 1. The van der Waals surface area contributed by atoms with E-state index in [1.807, 2.05) is 0 Å². The van der Waals surface area contributed by atoms with Gasteiger partial charge < -0.3 is 15.4 Å². The van der Waals surface area contributed by atoms with E-state index in [4.69, 9.17) is 4.74 Å². The Morgan fingerprint density at radius 2 is 2.03 bits per heavy atom. The quantitative estimate of drug-likeness (QED) is 0.665. The lowest BCUT2D eigenvalue weighted by molar-refractivity contribution is -0.122. The molecular weight excluding hydrogens is 370 g/mol. The molecule has 1 saturated carbocycles. The number of likely N-dealkylation sites (tertiary alicyclic amines) is 1. The number of hydrogen-bond donors (Lipinski definition) is 3. The van der Waals surface area contributed by atoms with Crippen LogP contribution in [-0.4, -0.2) is 59.7 Å². The number of carbonyl (C=O) groups excluding carboxylic acids is 2. The summed E-state index contributed by atoms with van der Waals surface area (Å²) in [6, 6.07) is 7.37. The molecule has 2 aromatic rings. The lowest BCUT2D eigenvalue weighted by Crippen LogP contribution is -2.42. The Morgan fingerprint density at radius 1 is 1.24 bits per heavy atom. The zero-order valence-electron chi connectivity index (χ0n) is 16.6. The molecule has 29 heavy (non-hydrogen) atoms. The van der Waals surface area contributed by atoms with Gasteiger partial charge in [-0.05, 0) is 56.5 Å². The first-order valence-corrected chi connectivity index (χ1v) is 10.1. The third kappa shape index (κ3) is 4.95. The molecule has 8 heteroatoms. The number of aromatic nitrogens is 2. The topological polar surface area (TPSA) is 99.3 Å². The Morgan fingerprint density at radius 3 is 2.76 bits per heavy atom. The maximum Gasteiger partial charge on any atom is 0.255 e. The van der Waals surface area contributed by atoms with Crippen LogP contribution < -0.4 is 15.4 Å². The highest BCUT2D eigenvalue weighted by Crippen LogP contribution is 2.30. The standard InChI is InChI=1S/C21H27N5O3/c1-29-17-8-4-14(5-9-17)21(28)24-18-11-22-25-20(18)15-3-2-10-26(12-15)13-19(27)23-16-6-7-16/h4-5,8-9,11,15-16H,2-3,6-7,10,12-13H2,1H3,(H,22,25)(H,23,27)(H,24,28)/t15-/m1/s1. The number of nitrogens with zero attached hydrogens (tertiary/aromatic N) is 2. The van der Waals surface area contributed by atoms with E-state index in [0.29, 0.717) is 29.6 Å². The van der Waals surface area contributed by atoms with E-state index in [-0.39, 0.29) is 17.7 Å². The molecule has 1 saturated heterocycles. The van der Waals surface area contributed by atoms with Gasteiger partial charge in [0.05, 0.1) is 31.2 Å². The molecule has 2 heterocycles. The van der Waals surface area contributed by atoms with Crippen molar-refractivity contribution < 1.29 is 14.3 Å². The van der Waals surface area contributed by atoms with Crippen LogP contribution in [0.3, 0.4) is 0 Å². The van der Waals surface area contributed by atoms with E-state index in [2.05, 4.69) is 25.7 Å². The Bertz CT molecular complexity index is 859. The number of nitrogens with one attached hydrogen (secondary N) is 3. The number of anilines is 1. The van der Waals surface area contributed by atoms with Gasteiger partial charge in [-0.1, -0.05) is 0 Å². The minimum Gasteiger partial charge on any atom is -0.497 e. The average molecular weight is 397 g/mol. The average Bonchev–Trinajstić information content (AvgIpc) is 3.42. The van der Waals surface area contributed by atoms with Crippen LogP contribution in [0.15, 0.2) is 30.5 Å². The van der Waals surface area contributed by atoms with E-state index in [0.717, 1.165) is 44.5 Å². The molecule has 1 aliphatic heterocycles. The number of ether oxygens (including phenoxy) is 1. The van der Waals surface area contributed by atoms with E-state index in [9.17, 15) is 9.59 Å². The summed E-state index contributed by atoms with van der Waals surface area (Å²) >= 11 is 0. The van der Waals surface area contributed by atoms with E-state index >= 15 is 0 Å². The van der Waals surface area contributed by atoms with Gasteiger partial charge in [-0.3, -0.25) is 19.6 Å². The summed E-state index contributed by atoms with van der Waals surface area (Å²) in [5.41, 5.74) is 2.17. The summed E-state index contributed by atoms with van der Waals surface area (Å²) in [6.45, 7) is 2.11. The van der Waals surface area contributed by atoms with Crippen molar-refractivity contribution in [2.24, 2.45) is 0 Å².